The summed E-state index contributed by atoms with van der Waals surface area (Å²) in [5, 5.41) is 9.79. The van der Waals surface area contributed by atoms with Crippen LogP contribution in [0.15, 0.2) is 18.2 Å². The summed E-state index contributed by atoms with van der Waals surface area (Å²) in [7, 11) is 0. The second-order valence-electron chi connectivity index (χ2n) is 5.38. The molecular weight excluding hydrogens is 249 g/mol. The molecule has 1 aromatic carbocycles. The Labute approximate surface area is 112 Å². The molecule has 0 radical (unpaired) electrons. The van der Waals surface area contributed by atoms with Crippen molar-refractivity contribution in [1.82, 2.24) is 0 Å². The fraction of sp³-hybridized carbons (Fsp3) is 0.571. The number of hydrogen-bond acceptors (Lipinski definition) is 3. The number of benzene rings is 1. The summed E-state index contributed by atoms with van der Waals surface area (Å²) in [5.41, 5.74) is 1.25. The third-order valence-electron chi connectivity index (χ3n) is 3.21. The molecule has 2 nitrogen and oxygen atoms in total. The third-order valence-corrected chi connectivity index (χ3v) is 4.51. The number of para-hydroxylation sites is 1. The van der Waals surface area contributed by atoms with Gasteiger partial charge < -0.3 is 10.0 Å². The lowest BCUT2D eigenvalue weighted by atomic mass is 10.0. The molecule has 4 heteroatoms. The highest BCUT2D eigenvalue weighted by Gasteiger charge is 2.30. The fourth-order valence-electron chi connectivity index (χ4n) is 2.41. The molecule has 100 valence electrons. The van der Waals surface area contributed by atoms with Crippen LogP contribution < -0.4 is 4.90 Å². The Balaban J connectivity index is 2.38. The molecule has 0 unspecified atom stereocenters. The van der Waals surface area contributed by atoms with Crippen LogP contribution in [0.3, 0.4) is 0 Å². The van der Waals surface area contributed by atoms with Crippen LogP contribution in [0.4, 0.5) is 10.1 Å². The van der Waals surface area contributed by atoms with Crippen molar-refractivity contribution >= 4 is 17.4 Å². The lowest BCUT2D eigenvalue weighted by Gasteiger charge is -2.40. The van der Waals surface area contributed by atoms with E-state index in [-0.39, 0.29) is 10.6 Å². The van der Waals surface area contributed by atoms with Crippen molar-refractivity contribution in [3.63, 3.8) is 0 Å². The maximum atomic E-state index is 14.1. The number of thioether (sulfide) groups is 1. The highest BCUT2D eigenvalue weighted by molar-refractivity contribution is 8.00. The van der Waals surface area contributed by atoms with Gasteiger partial charge in [0.1, 0.15) is 5.82 Å². The number of aliphatic hydroxyl groups is 1. The van der Waals surface area contributed by atoms with Crippen LogP contribution in [0.25, 0.3) is 0 Å². The van der Waals surface area contributed by atoms with E-state index < -0.39 is 6.10 Å². The predicted molar refractivity (Wildman–Crippen MR) is 75.8 cm³/mol. The molecule has 18 heavy (non-hydrogen) atoms. The minimum Gasteiger partial charge on any atom is -0.389 e. The number of halogens is 1. The van der Waals surface area contributed by atoms with Gasteiger partial charge in [0.25, 0.3) is 0 Å². The molecule has 1 N–H and O–H groups in total. The van der Waals surface area contributed by atoms with E-state index in [0.29, 0.717) is 11.3 Å². The van der Waals surface area contributed by atoms with Crippen molar-refractivity contribution in [2.75, 3.05) is 23.7 Å². The van der Waals surface area contributed by atoms with Gasteiger partial charge in [-0.05, 0) is 26.8 Å². The van der Waals surface area contributed by atoms with Gasteiger partial charge in [0, 0.05) is 29.2 Å². The van der Waals surface area contributed by atoms with Crippen LogP contribution in [0.1, 0.15) is 32.4 Å². The lowest BCUT2D eigenvalue weighted by Crippen LogP contribution is -2.44. The average Bonchev–Trinajstić information content (AvgIpc) is 2.27. The first kappa shape index (κ1) is 13.7. The second-order valence-corrected chi connectivity index (χ2v) is 7.19. The van der Waals surface area contributed by atoms with Gasteiger partial charge in [0.05, 0.1) is 11.8 Å². The van der Waals surface area contributed by atoms with E-state index >= 15 is 0 Å². The molecule has 2 rings (SSSR count). The first-order valence-corrected chi connectivity index (χ1v) is 7.25. The smallest absolute Gasteiger partial charge is 0.146 e. The molecular formula is C14H20FNOS. The van der Waals surface area contributed by atoms with Crippen LogP contribution in [-0.4, -0.2) is 28.7 Å². The summed E-state index contributed by atoms with van der Waals surface area (Å²) in [6.45, 7) is 7.66. The molecule has 1 aliphatic heterocycles. The summed E-state index contributed by atoms with van der Waals surface area (Å²) >= 11 is 1.91. The normalized spacial score (nSPS) is 20.8. The highest BCUT2D eigenvalue weighted by Crippen LogP contribution is 2.36. The second kappa shape index (κ2) is 5.10. The van der Waals surface area contributed by atoms with Crippen LogP contribution in [0.5, 0.6) is 0 Å². The zero-order chi connectivity index (χ0) is 13.3. The first-order valence-electron chi connectivity index (χ1n) is 6.26. The maximum Gasteiger partial charge on any atom is 0.146 e. The van der Waals surface area contributed by atoms with Crippen molar-refractivity contribution in [2.45, 2.75) is 31.6 Å². The third kappa shape index (κ3) is 2.81. The standard InChI is InChI=1S/C14H20FNOS/c1-10(17)11-5-4-6-12(15)13(11)16-7-8-18-14(2,3)9-16/h4-6,10,17H,7-9H2,1-3H3/t10-/m1/s1. The molecule has 1 saturated heterocycles. The Hall–Kier alpha value is -0.740. The molecule has 1 aromatic rings. The molecule has 0 amide bonds. The number of nitrogens with zero attached hydrogens (tertiary/aromatic N) is 1. The van der Waals surface area contributed by atoms with Gasteiger partial charge >= 0.3 is 0 Å². The van der Waals surface area contributed by atoms with Gasteiger partial charge in [-0.25, -0.2) is 4.39 Å². The van der Waals surface area contributed by atoms with E-state index in [1.807, 2.05) is 11.8 Å². The maximum absolute atomic E-state index is 14.1. The van der Waals surface area contributed by atoms with E-state index in [0.717, 1.165) is 18.8 Å². The van der Waals surface area contributed by atoms with E-state index in [2.05, 4.69) is 18.7 Å². The Morgan fingerprint density at radius 2 is 2.17 bits per heavy atom. The van der Waals surface area contributed by atoms with Gasteiger partial charge in [-0.2, -0.15) is 11.8 Å². The number of anilines is 1. The SMILES string of the molecule is C[C@@H](O)c1cccc(F)c1N1CCSC(C)(C)C1. The molecule has 0 bridgehead atoms. The molecule has 1 fully saturated rings. The molecule has 0 saturated carbocycles. The van der Waals surface area contributed by atoms with Gasteiger partial charge in [0.15, 0.2) is 0 Å². The Morgan fingerprint density at radius 1 is 1.44 bits per heavy atom. The Bertz CT molecular complexity index is 434. The largest absolute Gasteiger partial charge is 0.389 e. The molecule has 0 aliphatic carbocycles. The van der Waals surface area contributed by atoms with E-state index in [1.165, 1.54) is 6.07 Å². The number of rotatable bonds is 2. The topological polar surface area (TPSA) is 23.5 Å². The van der Waals surface area contributed by atoms with Crippen molar-refractivity contribution in [3.8, 4) is 0 Å². The highest BCUT2D eigenvalue weighted by atomic mass is 32.2. The number of aliphatic hydroxyl groups excluding tert-OH is 1. The quantitative estimate of drug-likeness (QED) is 0.892. The summed E-state index contributed by atoms with van der Waals surface area (Å²) < 4.78 is 14.2. The lowest BCUT2D eigenvalue weighted by molar-refractivity contribution is 0.199. The van der Waals surface area contributed by atoms with E-state index in [4.69, 9.17) is 0 Å². The zero-order valence-corrected chi connectivity index (χ0v) is 11.9. The van der Waals surface area contributed by atoms with Crippen LogP contribution in [0, 0.1) is 5.82 Å². The Morgan fingerprint density at radius 3 is 2.78 bits per heavy atom. The molecule has 1 aliphatic rings. The molecule has 0 aromatic heterocycles. The molecule has 0 spiro atoms. The summed E-state index contributed by atoms with van der Waals surface area (Å²) in [4.78, 5) is 2.06. The minimum atomic E-state index is -0.645. The Kier molecular flexibility index (Phi) is 3.87. The fourth-order valence-corrected chi connectivity index (χ4v) is 3.52. The van der Waals surface area contributed by atoms with Crippen molar-refractivity contribution in [3.05, 3.63) is 29.6 Å². The van der Waals surface area contributed by atoms with Crippen LogP contribution in [-0.2, 0) is 0 Å². The van der Waals surface area contributed by atoms with Crippen LogP contribution in [0.2, 0.25) is 0 Å². The van der Waals surface area contributed by atoms with E-state index in [1.54, 1.807) is 19.1 Å². The van der Waals surface area contributed by atoms with Crippen LogP contribution >= 0.6 is 11.8 Å². The zero-order valence-electron chi connectivity index (χ0n) is 11.1. The van der Waals surface area contributed by atoms with Gasteiger partial charge in [-0.3, -0.25) is 0 Å². The van der Waals surface area contributed by atoms with Gasteiger partial charge in [-0.15, -0.1) is 0 Å². The predicted octanol–water partition coefficient (Wildman–Crippen LogP) is 3.21. The van der Waals surface area contributed by atoms with Crippen molar-refractivity contribution < 1.29 is 9.50 Å². The molecule has 1 heterocycles. The van der Waals surface area contributed by atoms with Crippen molar-refractivity contribution in [2.24, 2.45) is 0 Å². The van der Waals surface area contributed by atoms with Gasteiger partial charge in [0.2, 0.25) is 0 Å². The van der Waals surface area contributed by atoms with E-state index in [9.17, 15) is 9.50 Å². The average molecular weight is 269 g/mol. The minimum absolute atomic E-state index is 0.122. The summed E-state index contributed by atoms with van der Waals surface area (Å²) in [6.07, 6.45) is -0.645. The summed E-state index contributed by atoms with van der Waals surface area (Å²) in [5.74, 6) is 0.747. The molecule has 1 atom stereocenters. The van der Waals surface area contributed by atoms with Crippen molar-refractivity contribution in [1.29, 1.82) is 0 Å². The van der Waals surface area contributed by atoms with Gasteiger partial charge in [-0.1, -0.05) is 12.1 Å². The first-order chi connectivity index (χ1) is 8.41. The monoisotopic (exact) mass is 269 g/mol. The number of hydrogen-bond donors (Lipinski definition) is 1. The summed E-state index contributed by atoms with van der Waals surface area (Å²) in [6, 6.07) is 4.93.